The molecule has 1 heterocycles. The highest BCUT2D eigenvalue weighted by Crippen LogP contribution is 2.35. The zero-order chi connectivity index (χ0) is 13.4. The van der Waals surface area contributed by atoms with E-state index in [2.05, 4.69) is 4.74 Å². The molecule has 0 bridgehead atoms. The van der Waals surface area contributed by atoms with Crippen molar-refractivity contribution in [2.45, 2.75) is 31.9 Å². The average molecular weight is 264 g/mol. The summed E-state index contributed by atoms with van der Waals surface area (Å²) in [7, 11) is 1.43. The van der Waals surface area contributed by atoms with Crippen LogP contribution in [0.1, 0.15) is 6.92 Å². The van der Waals surface area contributed by atoms with E-state index in [1.165, 1.54) is 25.1 Å². The lowest BCUT2D eigenvalue weighted by molar-refractivity contribution is -0.402. The molecule has 0 aromatic heterocycles. The van der Waals surface area contributed by atoms with Gasteiger partial charge in [0, 0.05) is 19.4 Å². The van der Waals surface area contributed by atoms with Crippen LogP contribution in [0.5, 0.6) is 0 Å². The highest BCUT2D eigenvalue weighted by atomic mass is 19.4. The Bertz CT molecular complexity index is 305. The molecule has 2 atom stereocenters. The minimum Gasteiger partial charge on any atom is -0.359 e. The summed E-state index contributed by atoms with van der Waals surface area (Å²) in [6.45, 7) is 1.29. The number of nitrogens with zero attached hydrogens (tertiary/aromatic N) is 2. The van der Waals surface area contributed by atoms with Crippen LogP contribution in [0, 0.1) is 0 Å². The second kappa shape index (κ2) is 4.28. The molecule has 0 radical (unpaired) electrons. The smallest absolute Gasteiger partial charge is 0.359 e. The fraction of sp³-hybridized carbons (Fsp3) is 0.750. The fourth-order valence-electron chi connectivity index (χ4n) is 1.28. The average Bonchev–Trinajstić information content (AvgIpc) is 2.45. The summed E-state index contributed by atoms with van der Waals surface area (Å²) in [6, 6.07) is -4.41. The highest BCUT2D eigenvalue weighted by molar-refractivity contribution is 4.97. The molecule has 0 amide bonds. The lowest BCUT2D eigenvalue weighted by Gasteiger charge is -2.35. The molecule has 1 aliphatic heterocycles. The number of alkyl halides is 6. The summed E-state index contributed by atoms with van der Waals surface area (Å²) in [5.74, 6) is 0. The van der Waals surface area contributed by atoms with Gasteiger partial charge in [0.15, 0.2) is 0 Å². The summed E-state index contributed by atoms with van der Waals surface area (Å²) in [6.07, 6.45) is -8.22. The van der Waals surface area contributed by atoms with E-state index in [1.54, 1.807) is 0 Å². The molecule has 100 valence electrons. The third kappa shape index (κ3) is 2.96. The molecule has 17 heavy (non-hydrogen) atoms. The molecule has 2 unspecified atom stereocenters. The predicted octanol–water partition coefficient (Wildman–Crippen LogP) is 2.48. The second-order valence-corrected chi connectivity index (χ2v) is 3.47. The van der Waals surface area contributed by atoms with E-state index in [4.69, 9.17) is 0 Å². The van der Waals surface area contributed by atoms with Crippen molar-refractivity contribution in [1.82, 2.24) is 9.80 Å². The van der Waals surface area contributed by atoms with E-state index in [0.29, 0.717) is 0 Å². The molecule has 0 aromatic carbocycles. The molecule has 1 rings (SSSR count). The van der Waals surface area contributed by atoms with Crippen LogP contribution in [0.15, 0.2) is 12.4 Å². The molecular weight excluding hydrogens is 254 g/mol. The minimum atomic E-state index is -5.46. The van der Waals surface area contributed by atoms with Gasteiger partial charge in [-0.3, -0.25) is 4.90 Å². The van der Waals surface area contributed by atoms with Crippen molar-refractivity contribution >= 4 is 0 Å². The largest absolute Gasteiger partial charge is 0.525 e. The zero-order valence-electron chi connectivity index (χ0n) is 8.88. The Morgan fingerprint density at radius 2 is 1.71 bits per heavy atom. The summed E-state index contributed by atoms with van der Waals surface area (Å²) in [4.78, 5) is 1.44. The topological polar surface area (TPSA) is 15.7 Å². The lowest BCUT2D eigenvalue weighted by Crippen LogP contribution is -2.52. The molecule has 0 N–H and O–H groups in total. The number of rotatable bonds is 3. The Morgan fingerprint density at radius 3 is 2.06 bits per heavy atom. The van der Waals surface area contributed by atoms with Crippen LogP contribution in [0.2, 0.25) is 0 Å². The van der Waals surface area contributed by atoms with Gasteiger partial charge in [-0.25, -0.2) is 9.13 Å². The number of halogens is 6. The third-order valence-corrected chi connectivity index (χ3v) is 2.31. The molecule has 1 aliphatic rings. The minimum absolute atomic E-state index is 0.156. The van der Waals surface area contributed by atoms with Crippen LogP contribution in [0.4, 0.5) is 26.3 Å². The molecule has 3 nitrogen and oxygen atoms in total. The van der Waals surface area contributed by atoms with E-state index in [0.717, 1.165) is 6.20 Å². The molecular formula is C8H10F6N2O. The van der Waals surface area contributed by atoms with E-state index in [-0.39, 0.29) is 4.90 Å². The normalized spacial score (nSPS) is 23.4. The monoisotopic (exact) mass is 264 g/mol. The van der Waals surface area contributed by atoms with Crippen LogP contribution in [0.25, 0.3) is 0 Å². The van der Waals surface area contributed by atoms with Crippen molar-refractivity contribution in [3.63, 3.8) is 0 Å². The summed E-state index contributed by atoms with van der Waals surface area (Å²) < 4.78 is 77.1. The van der Waals surface area contributed by atoms with E-state index in [9.17, 15) is 26.3 Å². The Balaban J connectivity index is 2.77. The first-order valence-corrected chi connectivity index (χ1v) is 4.51. The third-order valence-electron chi connectivity index (χ3n) is 2.31. The van der Waals surface area contributed by atoms with Gasteiger partial charge in [-0.2, -0.15) is 8.78 Å². The van der Waals surface area contributed by atoms with Gasteiger partial charge in [-0.15, -0.1) is 13.2 Å². The van der Waals surface area contributed by atoms with Gasteiger partial charge >= 0.3 is 12.4 Å². The molecule has 0 aliphatic carbocycles. The van der Waals surface area contributed by atoms with Gasteiger partial charge in [0.2, 0.25) is 0 Å². The first-order chi connectivity index (χ1) is 7.55. The van der Waals surface area contributed by atoms with E-state index in [1.807, 2.05) is 0 Å². The van der Waals surface area contributed by atoms with E-state index < -0.39 is 24.9 Å². The van der Waals surface area contributed by atoms with Gasteiger partial charge in [0.05, 0.1) is 0 Å². The zero-order valence-corrected chi connectivity index (χ0v) is 8.88. The molecule has 0 saturated carbocycles. The van der Waals surface area contributed by atoms with Gasteiger partial charge in [-0.05, 0) is 6.92 Å². The van der Waals surface area contributed by atoms with Gasteiger partial charge in [0.1, 0.15) is 6.17 Å². The molecule has 0 spiro atoms. The Morgan fingerprint density at radius 1 is 1.18 bits per heavy atom. The van der Waals surface area contributed by atoms with Crippen LogP contribution in [-0.2, 0) is 4.74 Å². The predicted molar refractivity (Wildman–Crippen MR) is 45.2 cm³/mol. The Labute approximate surface area is 93.2 Å². The Hall–Kier alpha value is -1.12. The fourth-order valence-corrected chi connectivity index (χ4v) is 1.28. The Kier molecular flexibility index (Phi) is 3.51. The van der Waals surface area contributed by atoms with E-state index >= 15 is 0 Å². The maximum atomic E-state index is 13.3. The van der Waals surface area contributed by atoms with Crippen LogP contribution < -0.4 is 0 Å². The van der Waals surface area contributed by atoms with Crippen molar-refractivity contribution in [1.29, 1.82) is 0 Å². The summed E-state index contributed by atoms with van der Waals surface area (Å²) >= 11 is 0. The maximum absolute atomic E-state index is 13.3. The first kappa shape index (κ1) is 13.9. The highest BCUT2D eigenvalue weighted by Gasteiger charge is 2.53. The number of ether oxygens (including phenoxy) is 1. The van der Waals surface area contributed by atoms with Crippen molar-refractivity contribution in [2.24, 2.45) is 0 Å². The van der Waals surface area contributed by atoms with Crippen LogP contribution >= 0.6 is 0 Å². The van der Waals surface area contributed by atoms with Crippen molar-refractivity contribution in [3.8, 4) is 0 Å². The van der Waals surface area contributed by atoms with Crippen molar-refractivity contribution in [2.75, 3.05) is 7.05 Å². The van der Waals surface area contributed by atoms with Crippen molar-refractivity contribution in [3.05, 3.63) is 12.4 Å². The summed E-state index contributed by atoms with van der Waals surface area (Å²) in [5.41, 5.74) is 0. The van der Waals surface area contributed by atoms with Crippen LogP contribution in [0.3, 0.4) is 0 Å². The SMILES string of the molecule is CC1N(C)C=CN1C(F)(F)C(F)OC(F)(F)F. The molecule has 0 fully saturated rings. The summed E-state index contributed by atoms with van der Waals surface area (Å²) in [5, 5.41) is 0. The van der Waals surface area contributed by atoms with Gasteiger partial charge in [-0.1, -0.05) is 0 Å². The molecule has 0 saturated heterocycles. The molecule has 9 heteroatoms. The lowest BCUT2D eigenvalue weighted by atomic mass is 10.4. The second-order valence-electron chi connectivity index (χ2n) is 3.47. The quantitative estimate of drug-likeness (QED) is 0.575. The van der Waals surface area contributed by atoms with Gasteiger partial charge < -0.3 is 4.90 Å². The standard InChI is InChI=1S/C8H10F6N2O/c1-5-15(2)3-4-16(5)7(10,11)6(9)17-8(12,13)14/h3-6H,1-2H3. The number of hydrogen-bond acceptors (Lipinski definition) is 3. The molecule has 0 aromatic rings. The van der Waals surface area contributed by atoms with Crippen LogP contribution in [-0.4, -0.2) is 41.8 Å². The maximum Gasteiger partial charge on any atom is 0.525 e. The van der Waals surface area contributed by atoms with Gasteiger partial charge in [0.25, 0.3) is 6.36 Å². The number of hydrogen-bond donors (Lipinski definition) is 0. The first-order valence-electron chi connectivity index (χ1n) is 4.51. The van der Waals surface area contributed by atoms with Crippen molar-refractivity contribution < 1.29 is 31.1 Å².